The van der Waals surface area contributed by atoms with Gasteiger partial charge < -0.3 is 25.0 Å². The second kappa shape index (κ2) is 12.6. The maximum atomic E-state index is 13.1. The summed E-state index contributed by atoms with van der Waals surface area (Å²) in [6, 6.07) is 18.1. The fourth-order valence-corrected chi connectivity index (χ4v) is 5.58. The summed E-state index contributed by atoms with van der Waals surface area (Å²) in [4.78, 5) is 30.7. The molecular weight excluding hydrogens is 583 g/mol. The molecule has 0 saturated carbocycles. The van der Waals surface area contributed by atoms with Crippen molar-refractivity contribution in [2.24, 2.45) is 4.99 Å². The highest BCUT2D eigenvalue weighted by Crippen LogP contribution is 2.34. The minimum atomic E-state index is -0.880. The summed E-state index contributed by atoms with van der Waals surface area (Å²) in [5.74, 6) is 1.17. The average Bonchev–Trinajstić information content (AvgIpc) is 3.56. The molecule has 1 aromatic heterocycles. The number of aryl methyl sites for hydroxylation is 1. The molecule has 1 atom stereocenters. The van der Waals surface area contributed by atoms with Gasteiger partial charge in [-0.3, -0.25) is 19.1 Å². The molecule has 0 aliphatic carbocycles. The van der Waals surface area contributed by atoms with Crippen molar-refractivity contribution < 1.29 is 24.0 Å². The molecule has 2 aliphatic heterocycles. The molecule has 3 heterocycles. The summed E-state index contributed by atoms with van der Waals surface area (Å²) in [6.07, 6.45) is 0.560. The smallest absolute Gasteiger partial charge is 0.491 e. The van der Waals surface area contributed by atoms with Gasteiger partial charge in [-0.15, -0.1) is 10.2 Å². The van der Waals surface area contributed by atoms with E-state index >= 15 is 0 Å². The molecule has 6 rings (SSSR count). The molecule has 2 aliphatic rings. The molecule has 0 unspecified atom stereocenters. The van der Waals surface area contributed by atoms with E-state index in [2.05, 4.69) is 20.8 Å². The maximum absolute atomic E-state index is 13.1. The Hall–Kier alpha value is -4.52. The average molecular weight is 613 g/mol. The number of nitrogens with one attached hydrogen (secondary N) is 2. The van der Waals surface area contributed by atoms with Crippen LogP contribution in [-0.2, 0) is 27.3 Å². The van der Waals surface area contributed by atoms with Crippen LogP contribution in [0.5, 0.6) is 5.75 Å². The highest BCUT2D eigenvalue weighted by Gasteiger charge is 2.30. The number of amides is 2. The number of halogens is 1. The van der Waals surface area contributed by atoms with Crippen LogP contribution in [0.15, 0.2) is 65.7 Å². The lowest BCUT2D eigenvalue weighted by molar-refractivity contribution is -0.126. The van der Waals surface area contributed by atoms with Crippen molar-refractivity contribution in [3.63, 3.8) is 0 Å². The van der Waals surface area contributed by atoms with Gasteiger partial charge in [-0.05, 0) is 60.3 Å². The van der Waals surface area contributed by atoms with E-state index in [4.69, 9.17) is 26.0 Å². The van der Waals surface area contributed by atoms with Crippen molar-refractivity contribution in [3.05, 3.63) is 99.6 Å². The molecule has 11 nitrogen and oxygen atoms in total. The molecule has 3 aromatic carbocycles. The Kier molecular flexibility index (Phi) is 8.47. The molecule has 3 N–H and O–H groups in total. The zero-order chi connectivity index (χ0) is 30.8. The Morgan fingerprint density at radius 1 is 1.09 bits per heavy atom. The van der Waals surface area contributed by atoms with Crippen LogP contribution in [0, 0.1) is 6.92 Å². The Labute approximate surface area is 259 Å². The first-order valence-corrected chi connectivity index (χ1v) is 14.6. The molecular formula is C31H30BClN6O5. The van der Waals surface area contributed by atoms with Crippen molar-refractivity contribution >= 4 is 41.7 Å². The summed E-state index contributed by atoms with van der Waals surface area (Å²) >= 11 is 6.17. The molecule has 0 saturated heterocycles. The minimum absolute atomic E-state index is 0.0450. The molecule has 2 amide bonds. The number of rotatable bonds is 9. The van der Waals surface area contributed by atoms with Crippen LogP contribution >= 0.6 is 11.6 Å². The highest BCUT2D eigenvalue weighted by molar-refractivity contribution is 6.61. The topological polar surface area (TPSA) is 140 Å². The van der Waals surface area contributed by atoms with E-state index in [0.29, 0.717) is 47.7 Å². The van der Waals surface area contributed by atoms with E-state index in [1.807, 2.05) is 60.0 Å². The predicted molar refractivity (Wildman–Crippen MR) is 166 cm³/mol. The Morgan fingerprint density at radius 3 is 2.70 bits per heavy atom. The Morgan fingerprint density at radius 2 is 1.91 bits per heavy atom. The SMILES string of the molecule is COc1ccc2c(c1)C(c1ccc(Cl)cc1)=N[C@@H](CC(=O)NCC(=O)NCCc1ccc3c(c1)COB3O)c1nnc(C)n1-2. The van der Waals surface area contributed by atoms with Gasteiger partial charge in [0, 0.05) is 22.7 Å². The number of ether oxygens (including phenoxy) is 1. The van der Waals surface area contributed by atoms with Crippen molar-refractivity contribution in [1.29, 1.82) is 0 Å². The van der Waals surface area contributed by atoms with Crippen LogP contribution in [0.3, 0.4) is 0 Å². The third-order valence-corrected chi connectivity index (χ3v) is 7.93. The van der Waals surface area contributed by atoms with Crippen LogP contribution in [0.1, 0.15) is 46.4 Å². The van der Waals surface area contributed by atoms with Gasteiger partial charge in [-0.1, -0.05) is 41.9 Å². The lowest BCUT2D eigenvalue weighted by Gasteiger charge is -2.14. The van der Waals surface area contributed by atoms with Crippen molar-refractivity contribution in [1.82, 2.24) is 25.4 Å². The van der Waals surface area contributed by atoms with Crippen LogP contribution in [0.25, 0.3) is 5.69 Å². The molecule has 0 fully saturated rings. The van der Waals surface area contributed by atoms with Gasteiger partial charge in [0.15, 0.2) is 5.82 Å². The van der Waals surface area contributed by atoms with Crippen LogP contribution in [0.2, 0.25) is 5.02 Å². The summed E-state index contributed by atoms with van der Waals surface area (Å²) in [5, 5.41) is 24.6. The Bertz CT molecular complexity index is 1760. The summed E-state index contributed by atoms with van der Waals surface area (Å²) in [6.45, 7) is 2.44. The molecule has 4 aromatic rings. The monoisotopic (exact) mass is 612 g/mol. The summed E-state index contributed by atoms with van der Waals surface area (Å²) < 4.78 is 12.6. The molecule has 44 heavy (non-hydrogen) atoms. The van der Waals surface area contributed by atoms with Crippen molar-refractivity contribution in [2.45, 2.75) is 32.4 Å². The fraction of sp³-hybridized carbons (Fsp3) is 0.258. The lowest BCUT2D eigenvalue weighted by atomic mass is 9.79. The van der Waals surface area contributed by atoms with Crippen molar-refractivity contribution in [3.8, 4) is 11.4 Å². The van der Waals surface area contributed by atoms with Gasteiger partial charge in [-0.2, -0.15) is 0 Å². The first-order valence-electron chi connectivity index (χ1n) is 14.2. The number of methoxy groups -OCH3 is 1. The molecule has 13 heteroatoms. The number of benzene rings is 3. The number of fused-ring (bicyclic) bond motifs is 4. The normalized spacial score (nSPS) is 15.0. The van der Waals surface area contributed by atoms with Crippen molar-refractivity contribution in [2.75, 3.05) is 20.2 Å². The van der Waals surface area contributed by atoms with Gasteiger partial charge in [0.25, 0.3) is 0 Å². The van der Waals surface area contributed by atoms with E-state index in [1.54, 1.807) is 19.2 Å². The van der Waals surface area contributed by atoms with Gasteiger partial charge in [0.2, 0.25) is 11.8 Å². The third kappa shape index (κ3) is 6.09. The maximum Gasteiger partial charge on any atom is 0.491 e. The lowest BCUT2D eigenvalue weighted by Crippen LogP contribution is -2.38. The number of aliphatic imine (C=N–C) groups is 1. The van der Waals surface area contributed by atoms with Gasteiger partial charge in [0.1, 0.15) is 17.6 Å². The number of carbonyl (C=O) groups excluding carboxylic acids is 2. The molecule has 0 bridgehead atoms. The van der Waals surface area contributed by atoms with Gasteiger partial charge in [0.05, 0.1) is 38.1 Å². The first-order chi connectivity index (χ1) is 21.3. The number of aromatic nitrogens is 3. The van der Waals surface area contributed by atoms with E-state index < -0.39 is 13.2 Å². The highest BCUT2D eigenvalue weighted by atomic mass is 35.5. The second-order valence-electron chi connectivity index (χ2n) is 10.6. The predicted octanol–water partition coefficient (Wildman–Crippen LogP) is 2.21. The van der Waals surface area contributed by atoms with Gasteiger partial charge >= 0.3 is 7.12 Å². The summed E-state index contributed by atoms with van der Waals surface area (Å²) in [7, 11) is 0.722. The van der Waals surface area contributed by atoms with E-state index in [-0.39, 0.29) is 24.8 Å². The zero-order valence-corrected chi connectivity index (χ0v) is 25.0. The van der Waals surface area contributed by atoms with Crippen LogP contribution in [-0.4, -0.2) is 64.6 Å². The largest absolute Gasteiger partial charge is 0.497 e. The molecule has 0 spiro atoms. The van der Waals surface area contributed by atoms with Gasteiger partial charge in [-0.25, -0.2) is 0 Å². The second-order valence-corrected chi connectivity index (χ2v) is 11.0. The molecule has 224 valence electrons. The van der Waals surface area contributed by atoms with E-state index in [1.165, 1.54) is 0 Å². The minimum Gasteiger partial charge on any atom is -0.497 e. The zero-order valence-electron chi connectivity index (χ0n) is 24.2. The van der Waals surface area contributed by atoms with E-state index in [9.17, 15) is 14.6 Å². The standard InChI is InChI=1S/C31H30BClN6O5/c1-18-37-38-31-26(15-28(40)35-16-29(41)34-12-11-19-3-9-25-21(13-19)17-44-32(25)42)36-30(20-4-6-22(33)7-5-20)24-14-23(43-2)8-10-27(24)39(18)31/h3-10,13-14,26,42H,11-12,15-17H2,1-2H3,(H,34,41)(H,35,40)/t26-/m0/s1. The number of hydrogen-bond donors (Lipinski definition) is 3. The van der Waals surface area contributed by atoms with Crippen LogP contribution in [0.4, 0.5) is 0 Å². The quantitative estimate of drug-likeness (QED) is 0.246. The number of hydrogen-bond acceptors (Lipinski definition) is 8. The summed E-state index contributed by atoms with van der Waals surface area (Å²) in [5.41, 5.74) is 5.82. The Balaban J connectivity index is 1.15. The van der Waals surface area contributed by atoms with E-state index in [0.717, 1.165) is 33.4 Å². The number of nitrogens with zero attached hydrogens (tertiary/aromatic N) is 4. The van der Waals surface area contributed by atoms with Crippen LogP contribution < -0.4 is 20.8 Å². The third-order valence-electron chi connectivity index (χ3n) is 7.68. The molecule has 0 radical (unpaired) electrons. The fourth-order valence-electron chi connectivity index (χ4n) is 5.45. The number of carbonyl (C=O) groups is 2. The first kappa shape index (κ1) is 29.6.